The van der Waals surface area contributed by atoms with Gasteiger partial charge < -0.3 is 21.6 Å². The second kappa shape index (κ2) is 8.36. The fourth-order valence-electron chi connectivity index (χ4n) is 1.06. The third kappa shape index (κ3) is 8.50. The number of carbonyl (C=O) groups is 1. The molecule has 16 heavy (non-hydrogen) atoms. The Bertz CT molecular complexity index is 249. The molecule has 0 atom stereocenters. The third-order valence-electron chi connectivity index (χ3n) is 2.22. The van der Waals surface area contributed by atoms with Crippen molar-refractivity contribution in [1.29, 1.82) is 0 Å². The van der Waals surface area contributed by atoms with E-state index in [0.29, 0.717) is 12.2 Å². The maximum absolute atomic E-state index is 11.1. The van der Waals surface area contributed by atoms with Crippen LogP contribution >= 0.6 is 0 Å². The van der Waals surface area contributed by atoms with Gasteiger partial charge in [0.15, 0.2) is 0 Å². The number of quaternary nitrogens is 1. The summed E-state index contributed by atoms with van der Waals surface area (Å²) in [5.74, 6) is -0.307. The minimum Gasteiger partial charge on any atom is -1.00 e. The van der Waals surface area contributed by atoms with Crippen LogP contribution in [0, 0.1) is 0 Å². The lowest BCUT2D eigenvalue weighted by Crippen LogP contribution is -3.00. The molecule has 0 radical (unpaired) electrons. The van der Waals surface area contributed by atoms with Gasteiger partial charge in [0.2, 0.25) is 0 Å². The van der Waals surface area contributed by atoms with Gasteiger partial charge in [-0.25, -0.2) is 4.79 Å². The SMILES string of the molecule is C=CCC[N+](C)(C)CCOC(=O)C(=C)C.[Cl-]. The monoisotopic (exact) mass is 247 g/mol. The Hall–Kier alpha value is -0.800. The number of esters is 1. The van der Waals surface area contributed by atoms with E-state index < -0.39 is 0 Å². The first-order valence-electron chi connectivity index (χ1n) is 5.14. The molecule has 0 spiro atoms. The van der Waals surface area contributed by atoms with Crippen LogP contribution in [0.2, 0.25) is 0 Å². The van der Waals surface area contributed by atoms with E-state index in [2.05, 4.69) is 27.3 Å². The zero-order chi connectivity index (χ0) is 11.9. The van der Waals surface area contributed by atoms with Crippen LogP contribution in [0.4, 0.5) is 0 Å². The fraction of sp³-hybridized carbons (Fsp3) is 0.583. The van der Waals surface area contributed by atoms with Gasteiger partial charge in [-0.2, -0.15) is 0 Å². The maximum atomic E-state index is 11.1. The van der Waals surface area contributed by atoms with Gasteiger partial charge in [-0.1, -0.05) is 12.7 Å². The minimum absolute atomic E-state index is 0. The molecule has 3 nitrogen and oxygen atoms in total. The first-order valence-corrected chi connectivity index (χ1v) is 5.14. The molecule has 0 unspecified atom stereocenters. The molecule has 0 amide bonds. The second-order valence-electron chi connectivity index (χ2n) is 4.38. The molecule has 0 saturated carbocycles. The van der Waals surface area contributed by atoms with Gasteiger partial charge in [0, 0.05) is 12.0 Å². The molecule has 0 saturated heterocycles. The molecule has 0 aliphatic heterocycles. The molecule has 0 aliphatic carbocycles. The highest BCUT2D eigenvalue weighted by Crippen LogP contribution is 2.00. The Kier molecular flexibility index (Phi) is 9.19. The zero-order valence-corrected chi connectivity index (χ0v) is 11.2. The highest BCUT2D eigenvalue weighted by molar-refractivity contribution is 5.86. The van der Waals surface area contributed by atoms with Crippen LogP contribution in [0.25, 0.3) is 0 Å². The summed E-state index contributed by atoms with van der Waals surface area (Å²) in [6, 6.07) is 0. The standard InChI is InChI=1S/C12H22NO2.ClH/c1-6-7-8-13(4,5)9-10-15-12(14)11(2)3;/h6H,1-2,7-10H2,3-5H3;1H/q+1;/p-1. The first-order chi connectivity index (χ1) is 6.89. The van der Waals surface area contributed by atoms with Gasteiger partial charge in [0.1, 0.15) is 13.2 Å². The summed E-state index contributed by atoms with van der Waals surface area (Å²) in [6.45, 7) is 11.1. The van der Waals surface area contributed by atoms with Gasteiger partial charge in [0.25, 0.3) is 0 Å². The van der Waals surface area contributed by atoms with E-state index in [1.807, 2.05) is 6.08 Å². The van der Waals surface area contributed by atoms with Crippen molar-refractivity contribution in [2.75, 3.05) is 33.8 Å². The highest BCUT2D eigenvalue weighted by atomic mass is 35.5. The number of likely N-dealkylation sites (N-methyl/N-ethyl adjacent to an activating group) is 1. The Morgan fingerprint density at radius 1 is 1.38 bits per heavy atom. The molecule has 0 rings (SSSR count). The topological polar surface area (TPSA) is 26.3 Å². The highest BCUT2D eigenvalue weighted by Gasteiger charge is 2.14. The lowest BCUT2D eigenvalue weighted by molar-refractivity contribution is -0.890. The van der Waals surface area contributed by atoms with E-state index in [1.54, 1.807) is 6.92 Å². The quantitative estimate of drug-likeness (QED) is 0.244. The molecular weight excluding hydrogens is 226 g/mol. The van der Waals surface area contributed by atoms with E-state index in [1.165, 1.54) is 0 Å². The molecule has 0 bridgehead atoms. The van der Waals surface area contributed by atoms with Crippen LogP contribution in [-0.4, -0.2) is 44.2 Å². The summed E-state index contributed by atoms with van der Waals surface area (Å²) >= 11 is 0. The van der Waals surface area contributed by atoms with E-state index in [-0.39, 0.29) is 18.4 Å². The summed E-state index contributed by atoms with van der Waals surface area (Å²) in [4.78, 5) is 11.1. The van der Waals surface area contributed by atoms with Gasteiger partial charge in [-0.3, -0.25) is 0 Å². The third-order valence-corrected chi connectivity index (χ3v) is 2.22. The van der Waals surface area contributed by atoms with Gasteiger partial charge in [-0.05, 0) is 6.92 Å². The van der Waals surface area contributed by atoms with Crippen molar-refractivity contribution in [2.24, 2.45) is 0 Å². The second-order valence-corrected chi connectivity index (χ2v) is 4.38. The summed E-state index contributed by atoms with van der Waals surface area (Å²) in [7, 11) is 4.22. The Morgan fingerprint density at radius 2 is 1.94 bits per heavy atom. The van der Waals surface area contributed by atoms with Crippen molar-refractivity contribution in [2.45, 2.75) is 13.3 Å². The van der Waals surface area contributed by atoms with Crippen LogP contribution in [-0.2, 0) is 9.53 Å². The first kappa shape index (κ1) is 17.6. The van der Waals surface area contributed by atoms with Crippen molar-refractivity contribution in [3.63, 3.8) is 0 Å². The van der Waals surface area contributed by atoms with Gasteiger partial charge >= 0.3 is 5.97 Å². The van der Waals surface area contributed by atoms with Gasteiger partial charge in [0.05, 0.1) is 20.6 Å². The number of hydrogen-bond acceptors (Lipinski definition) is 2. The lowest BCUT2D eigenvalue weighted by atomic mass is 10.3. The minimum atomic E-state index is -0.307. The van der Waals surface area contributed by atoms with E-state index >= 15 is 0 Å². The number of rotatable bonds is 7. The normalized spacial score (nSPS) is 10.2. The smallest absolute Gasteiger partial charge is 0.333 e. The van der Waals surface area contributed by atoms with Crippen LogP contribution < -0.4 is 12.4 Å². The molecule has 0 fully saturated rings. The van der Waals surface area contributed by atoms with E-state index in [9.17, 15) is 4.79 Å². The van der Waals surface area contributed by atoms with Crippen molar-refractivity contribution < 1.29 is 26.4 Å². The van der Waals surface area contributed by atoms with Crippen LogP contribution in [0.15, 0.2) is 24.8 Å². The number of ether oxygens (including phenoxy) is 1. The molecule has 0 heterocycles. The molecule has 0 aromatic heterocycles. The predicted molar refractivity (Wildman–Crippen MR) is 62.4 cm³/mol. The van der Waals surface area contributed by atoms with Crippen molar-refractivity contribution in [3.8, 4) is 0 Å². The number of carbonyl (C=O) groups excluding carboxylic acids is 1. The number of nitrogens with zero attached hydrogens (tertiary/aromatic N) is 1. The van der Waals surface area contributed by atoms with Crippen molar-refractivity contribution >= 4 is 5.97 Å². The average Bonchev–Trinajstić information content (AvgIpc) is 2.14. The molecular formula is C12H22ClNO2. The van der Waals surface area contributed by atoms with Crippen LogP contribution in [0.3, 0.4) is 0 Å². The Balaban J connectivity index is 0. The molecule has 0 N–H and O–H groups in total. The maximum Gasteiger partial charge on any atom is 0.333 e. The molecule has 4 heteroatoms. The van der Waals surface area contributed by atoms with Gasteiger partial charge in [-0.15, -0.1) is 6.58 Å². The van der Waals surface area contributed by atoms with Crippen LogP contribution in [0.5, 0.6) is 0 Å². The predicted octanol–water partition coefficient (Wildman–Crippen LogP) is -1.24. The summed E-state index contributed by atoms with van der Waals surface area (Å²) < 4.78 is 5.87. The molecule has 94 valence electrons. The largest absolute Gasteiger partial charge is 1.00 e. The van der Waals surface area contributed by atoms with Crippen molar-refractivity contribution in [3.05, 3.63) is 24.8 Å². The Morgan fingerprint density at radius 3 is 2.38 bits per heavy atom. The summed E-state index contributed by atoms with van der Waals surface area (Å²) in [5.41, 5.74) is 0.450. The fourth-order valence-corrected chi connectivity index (χ4v) is 1.06. The summed E-state index contributed by atoms with van der Waals surface area (Å²) in [6.07, 6.45) is 2.88. The number of hydrogen-bond donors (Lipinski definition) is 0. The number of halogens is 1. The zero-order valence-electron chi connectivity index (χ0n) is 10.5. The van der Waals surface area contributed by atoms with E-state index in [0.717, 1.165) is 24.0 Å². The van der Waals surface area contributed by atoms with Crippen molar-refractivity contribution in [1.82, 2.24) is 0 Å². The Labute approximate surface area is 105 Å². The molecule has 0 aromatic carbocycles. The lowest BCUT2D eigenvalue weighted by Gasteiger charge is -2.29. The molecule has 0 aromatic rings. The van der Waals surface area contributed by atoms with Crippen LogP contribution in [0.1, 0.15) is 13.3 Å². The van der Waals surface area contributed by atoms with E-state index in [4.69, 9.17) is 4.74 Å². The average molecular weight is 248 g/mol. The molecule has 0 aliphatic rings. The summed E-state index contributed by atoms with van der Waals surface area (Å²) in [5, 5.41) is 0.